The molecule has 12 heteroatoms. The van der Waals surface area contributed by atoms with Gasteiger partial charge in [-0.15, -0.1) is 0 Å². The molecule has 0 amide bonds. The highest BCUT2D eigenvalue weighted by molar-refractivity contribution is 5.64. The molecule has 7 rings (SSSR count). The average Bonchev–Trinajstić information content (AvgIpc) is 3.46. The van der Waals surface area contributed by atoms with Gasteiger partial charge in [0.25, 0.3) is 0 Å². The van der Waals surface area contributed by atoms with Crippen LogP contribution < -0.4 is 21.1 Å². The lowest BCUT2D eigenvalue weighted by Crippen LogP contribution is -2.51. The Morgan fingerprint density at radius 3 is 2.71 bits per heavy atom. The zero-order chi connectivity index (χ0) is 33.8. The van der Waals surface area contributed by atoms with E-state index < -0.39 is 11.7 Å². The van der Waals surface area contributed by atoms with Crippen LogP contribution in [-0.4, -0.2) is 71.3 Å². The van der Waals surface area contributed by atoms with E-state index in [1.807, 2.05) is 26.2 Å². The molecule has 0 unspecified atom stereocenters. The summed E-state index contributed by atoms with van der Waals surface area (Å²) in [6, 6.07) is 7.55. The van der Waals surface area contributed by atoms with Crippen LogP contribution in [0.1, 0.15) is 85.0 Å². The number of hydrogen-bond donors (Lipinski definition) is 2. The largest absolute Gasteiger partial charge is 0.463 e. The van der Waals surface area contributed by atoms with E-state index in [0.717, 1.165) is 67.8 Å². The topological polar surface area (TPSA) is 133 Å². The van der Waals surface area contributed by atoms with Gasteiger partial charge in [-0.05, 0) is 75.8 Å². The highest BCUT2D eigenvalue weighted by Gasteiger charge is 2.48. The van der Waals surface area contributed by atoms with Crippen molar-refractivity contribution in [3.05, 3.63) is 63.7 Å². The second-order valence-corrected chi connectivity index (χ2v) is 14.5. The van der Waals surface area contributed by atoms with Crippen molar-refractivity contribution in [3.63, 3.8) is 0 Å². The molecule has 0 bridgehead atoms. The number of nitrogens with two attached hydrogens (primary N) is 2. The Hall–Kier alpha value is -4.08. The Bertz CT molecular complexity index is 1760. The van der Waals surface area contributed by atoms with Gasteiger partial charge < -0.3 is 21.1 Å². The lowest BCUT2D eigenvalue weighted by Gasteiger charge is -2.50. The van der Waals surface area contributed by atoms with Gasteiger partial charge in [-0.1, -0.05) is 12.5 Å². The van der Waals surface area contributed by atoms with Crippen LogP contribution in [0, 0.1) is 22.6 Å². The molecule has 2 aliphatic heterocycles. The van der Waals surface area contributed by atoms with E-state index in [-0.39, 0.29) is 29.0 Å². The van der Waals surface area contributed by atoms with E-state index in [4.69, 9.17) is 26.2 Å². The molecule has 2 fully saturated rings. The van der Waals surface area contributed by atoms with E-state index in [1.54, 1.807) is 6.20 Å². The van der Waals surface area contributed by atoms with Crippen LogP contribution >= 0.6 is 0 Å². The summed E-state index contributed by atoms with van der Waals surface area (Å²) in [5.74, 6) is 0.821. The van der Waals surface area contributed by atoms with E-state index >= 15 is 4.39 Å². The van der Waals surface area contributed by atoms with Crippen LogP contribution in [0.4, 0.5) is 26.1 Å². The minimum absolute atomic E-state index is 0.0622. The number of likely N-dealkylation sites (tertiary alicyclic amines) is 1. The van der Waals surface area contributed by atoms with Crippen LogP contribution in [0.2, 0.25) is 0 Å². The summed E-state index contributed by atoms with van der Waals surface area (Å²) >= 11 is 0. The summed E-state index contributed by atoms with van der Waals surface area (Å²) in [5, 5.41) is 10.2. The SMILES string of the molecule is C[C@H](c1cccnc1N)N(C)c1nc(OCC2(CN3CC[C@@H](F)C3)CCC2)nc2c1CN(C)[C@@]1(CCCc3c(F)cc(N)c(C#N)c31)C2. The van der Waals surface area contributed by atoms with Gasteiger partial charge in [-0.2, -0.15) is 15.2 Å². The van der Waals surface area contributed by atoms with Crippen LogP contribution in [-0.2, 0) is 24.9 Å². The summed E-state index contributed by atoms with van der Waals surface area (Å²) in [6.45, 7) is 5.05. The summed E-state index contributed by atoms with van der Waals surface area (Å²) in [7, 11) is 4.01. The Balaban J connectivity index is 1.29. The first-order chi connectivity index (χ1) is 23.0. The minimum atomic E-state index is -0.762. The molecule has 254 valence electrons. The maximum absolute atomic E-state index is 15.4. The predicted octanol–water partition coefficient (Wildman–Crippen LogP) is 5.06. The third-order valence-electron chi connectivity index (χ3n) is 11.6. The number of alkyl halides is 1. The number of nitrogens with zero attached hydrogens (tertiary/aromatic N) is 7. The number of likely N-dealkylation sites (N-methyl/N-ethyl adjacent to an activating group) is 1. The normalized spacial score (nSPS) is 24.0. The third kappa shape index (κ3) is 5.50. The molecule has 3 aromatic rings. The number of hydrogen-bond acceptors (Lipinski definition) is 10. The van der Waals surface area contributed by atoms with Crippen LogP contribution in [0.3, 0.4) is 0 Å². The second kappa shape index (κ2) is 12.4. The lowest BCUT2D eigenvalue weighted by atomic mass is 9.68. The predicted molar refractivity (Wildman–Crippen MR) is 181 cm³/mol. The molecule has 1 saturated carbocycles. The minimum Gasteiger partial charge on any atom is -0.463 e. The van der Waals surface area contributed by atoms with Gasteiger partial charge in [0, 0.05) is 62.4 Å². The van der Waals surface area contributed by atoms with Gasteiger partial charge in [0.15, 0.2) is 0 Å². The maximum atomic E-state index is 15.4. The van der Waals surface area contributed by atoms with Gasteiger partial charge in [-0.3, -0.25) is 9.80 Å². The van der Waals surface area contributed by atoms with E-state index in [9.17, 15) is 9.65 Å². The summed E-state index contributed by atoms with van der Waals surface area (Å²) < 4.78 is 36.0. The van der Waals surface area contributed by atoms with E-state index in [1.165, 1.54) is 6.07 Å². The van der Waals surface area contributed by atoms with Gasteiger partial charge in [0.05, 0.1) is 35.1 Å². The summed E-state index contributed by atoms with van der Waals surface area (Å²) in [4.78, 5) is 20.9. The van der Waals surface area contributed by atoms with E-state index in [0.29, 0.717) is 61.5 Å². The van der Waals surface area contributed by atoms with Crippen molar-refractivity contribution in [1.82, 2.24) is 24.8 Å². The molecule has 1 saturated heterocycles. The Morgan fingerprint density at radius 2 is 2.02 bits per heavy atom. The third-order valence-corrected chi connectivity index (χ3v) is 11.6. The fourth-order valence-corrected chi connectivity index (χ4v) is 8.61. The van der Waals surface area contributed by atoms with Crippen LogP contribution in [0.15, 0.2) is 24.4 Å². The number of benzene rings is 1. The summed E-state index contributed by atoms with van der Waals surface area (Å²) in [6.07, 6.45) is 7.16. The first kappa shape index (κ1) is 32.5. The zero-order valence-corrected chi connectivity index (χ0v) is 28.1. The smallest absolute Gasteiger partial charge is 0.318 e. The molecule has 1 aromatic carbocycles. The monoisotopic (exact) mass is 657 g/mol. The molecule has 2 aliphatic carbocycles. The first-order valence-electron chi connectivity index (χ1n) is 17.1. The number of halogens is 2. The van der Waals surface area contributed by atoms with Crippen LogP contribution in [0.25, 0.3) is 0 Å². The van der Waals surface area contributed by atoms with Crippen molar-refractivity contribution in [2.75, 3.05) is 56.7 Å². The number of pyridine rings is 1. The molecule has 4 heterocycles. The molecular formula is C36H45F2N9O. The number of aromatic nitrogens is 3. The number of fused-ring (bicyclic) bond motifs is 3. The van der Waals surface area contributed by atoms with Gasteiger partial charge in [0.1, 0.15) is 29.7 Å². The Kier molecular flexibility index (Phi) is 8.40. The number of rotatable bonds is 8. The zero-order valence-electron chi connectivity index (χ0n) is 28.1. The molecule has 1 spiro atoms. The van der Waals surface area contributed by atoms with Crippen molar-refractivity contribution >= 4 is 17.3 Å². The number of anilines is 3. The van der Waals surface area contributed by atoms with Crippen molar-refractivity contribution < 1.29 is 13.5 Å². The first-order valence-corrected chi connectivity index (χ1v) is 17.1. The van der Waals surface area contributed by atoms with Crippen molar-refractivity contribution in [2.24, 2.45) is 5.41 Å². The fraction of sp³-hybridized carbons (Fsp3) is 0.556. The molecule has 4 aliphatic rings. The molecular weight excluding hydrogens is 612 g/mol. The van der Waals surface area contributed by atoms with Gasteiger partial charge in [-0.25, -0.2) is 13.8 Å². The fourth-order valence-electron chi connectivity index (χ4n) is 8.61. The highest BCUT2D eigenvalue weighted by Crippen LogP contribution is 2.50. The van der Waals surface area contributed by atoms with Crippen molar-refractivity contribution in [3.8, 4) is 12.1 Å². The standard InChI is InChI=1S/C36H45F2N9O/c1-22(24-8-5-13-42-32(24)41)46(3)33-27-19-45(2)36(12-4-7-25-28(38)15-29(40)26(17-39)31(25)36)16-30(27)43-34(44-33)48-21-35(10-6-11-35)20-47-14-9-23(37)18-47/h5,8,13,15,22-23H,4,6-7,9-12,14,16,18-21,40H2,1-3H3,(H2,41,42)/t22-,23-,36+/m1/s1. The Labute approximate surface area is 281 Å². The number of nitriles is 1. The Morgan fingerprint density at radius 1 is 1.21 bits per heavy atom. The van der Waals surface area contributed by atoms with Crippen molar-refractivity contribution in [1.29, 1.82) is 5.26 Å². The number of ether oxygens (including phenoxy) is 1. The van der Waals surface area contributed by atoms with E-state index in [2.05, 4.69) is 32.7 Å². The lowest BCUT2D eigenvalue weighted by molar-refractivity contribution is 0.0189. The molecule has 48 heavy (non-hydrogen) atoms. The molecule has 0 radical (unpaired) electrons. The summed E-state index contributed by atoms with van der Waals surface area (Å²) in [5.41, 5.74) is 16.2. The molecule has 3 atom stereocenters. The molecule has 10 nitrogen and oxygen atoms in total. The van der Waals surface area contributed by atoms with Gasteiger partial charge in [0.2, 0.25) is 0 Å². The number of nitrogen functional groups attached to an aromatic ring is 2. The highest BCUT2D eigenvalue weighted by atomic mass is 19.1. The quantitative estimate of drug-likeness (QED) is 0.317. The second-order valence-electron chi connectivity index (χ2n) is 14.5. The van der Waals surface area contributed by atoms with Gasteiger partial charge >= 0.3 is 6.01 Å². The van der Waals surface area contributed by atoms with Crippen molar-refractivity contribution in [2.45, 2.75) is 82.6 Å². The maximum Gasteiger partial charge on any atom is 0.318 e. The average molecular weight is 658 g/mol. The molecule has 4 N–H and O–H groups in total. The van der Waals surface area contributed by atoms with Crippen LogP contribution in [0.5, 0.6) is 6.01 Å². The molecule has 2 aromatic heterocycles.